The maximum absolute atomic E-state index is 13.7. The Balaban J connectivity index is 1.97. The third-order valence-corrected chi connectivity index (χ3v) is 4.32. The molecular weight excluding hydrogens is 278 g/mol. The Morgan fingerprint density at radius 1 is 1.24 bits per heavy atom. The van der Waals surface area contributed by atoms with Crippen molar-refractivity contribution in [2.24, 2.45) is 5.92 Å². The van der Waals surface area contributed by atoms with Crippen LogP contribution >= 0.6 is 0 Å². The zero-order valence-corrected chi connectivity index (χ0v) is 12.1. The number of nitrogens with zero attached hydrogens (tertiary/aromatic N) is 1. The smallest absolute Gasteiger partial charge is 0.305 e. The molecule has 0 amide bonds. The molecule has 0 aliphatic heterocycles. The second-order valence-electron chi connectivity index (χ2n) is 5.66. The van der Waals surface area contributed by atoms with E-state index in [-0.39, 0.29) is 12.1 Å². The quantitative estimate of drug-likeness (QED) is 0.662. The van der Waals surface area contributed by atoms with Crippen LogP contribution in [0.3, 0.4) is 0 Å². The Labute approximate surface area is 122 Å². The molecule has 1 aromatic rings. The summed E-state index contributed by atoms with van der Waals surface area (Å²) in [6.45, 7) is 2.37. The van der Waals surface area contributed by atoms with Crippen LogP contribution in [0.1, 0.15) is 44.6 Å². The lowest BCUT2D eigenvalue weighted by Crippen LogP contribution is -2.32. The van der Waals surface area contributed by atoms with Gasteiger partial charge in [-0.25, -0.2) is 4.39 Å². The third kappa shape index (κ3) is 3.97. The molecule has 1 aromatic carbocycles. The first kappa shape index (κ1) is 15.8. The molecule has 0 radical (unpaired) electrons. The van der Waals surface area contributed by atoms with Gasteiger partial charge in [0.1, 0.15) is 5.82 Å². The monoisotopic (exact) mass is 298 g/mol. The number of halogens is 2. The van der Waals surface area contributed by atoms with Crippen LogP contribution in [-0.2, 0) is 6.54 Å². The summed E-state index contributed by atoms with van der Waals surface area (Å²) in [5, 5.41) is 13.9. The Hall–Kier alpha value is -1.56. The maximum Gasteiger partial charge on any atom is 0.305 e. The molecule has 21 heavy (non-hydrogen) atoms. The van der Waals surface area contributed by atoms with Crippen molar-refractivity contribution in [1.82, 2.24) is 5.32 Å². The molecule has 1 N–H and O–H groups in total. The summed E-state index contributed by atoms with van der Waals surface area (Å²) < 4.78 is 26.9. The van der Waals surface area contributed by atoms with E-state index in [2.05, 4.69) is 12.2 Å². The van der Waals surface area contributed by atoms with Crippen molar-refractivity contribution in [3.63, 3.8) is 0 Å². The molecule has 0 aromatic heterocycles. The third-order valence-electron chi connectivity index (χ3n) is 4.32. The topological polar surface area (TPSA) is 55.2 Å². The highest BCUT2D eigenvalue weighted by atomic mass is 19.1. The van der Waals surface area contributed by atoms with E-state index in [0.29, 0.717) is 12.1 Å². The van der Waals surface area contributed by atoms with E-state index in [0.717, 1.165) is 37.7 Å². The molecule has 6 heteroatoms. The largest absolute Gasteiger partial charge is 0.310 e. The number of rotatable bonds is 5. The van der Waals surface area contributed by atoms with Crippen molar-refractivity contribution in [2.45, 2.75) is 51.6 Å². The van der Waals surface area contributed by atoms with Crippen molar-refractivity contribution < 1.29 is 13.7 Å². The van der Waals surface area contributed by atoms with Gasteiger partial charge in [0.15, 0.2) is 0 Å². The molecule has 0 saturated heterocycles. The van der Waals surface area contributed by atoms with Crippen LogP contribution in [0.15, 0.2) is 12.1 Å². The summed E-state index contributed by atoms with van der Waals surface area (Å²) in [5.41, 5.74) is -0.538. The standard InChI is InChI=1S/C15H20F2N2O2/c1-2-10-3-5-12(6-4-10)18-9-11-7-15(19(20)21)14(17)8-13(11)16/h7-8,10,12,18H,2-6,9H2,1H3. The van der Waals surface area contributed by atoms with Gasteiger partial charge >= 0.3 is 5.69 Å². The number of hydrogen-bond acceptors (Lipinski definition) is 3. The molecule has 4 nitrogen and oxygen atoms in total. The summed E-state index contributed by atoms with van der Waals surface area (Å²) in [6.07, 6.45) is 5.55. The van der Waals surface area contributed by atoms with Gasteiger partial charge in [-0.1, -0.05) is 13.3 Å². The Morgan fingerprint density at radius 3 is 2.48 bits per heavy atom. The lowest BCUT2D eigenvalue weighted by Gasteiger charge is -2.28. The average Bonchev–Trinajstić information content (AvgIpc) is 2.46. The van der Waals surface area contributed by atoms with Gasteiger partial charge in [-0.05, 0) is 31.6 Å². The molecule has 116 valence electrons. The summed E-state index contributed by atoms with van der Waals surface area (Å²) in [6, 6.07) is 1.87. The van der Waals surface area contributed by atoms with Gasteiger partial charge < -0.3 is 5.32 Å². The second-order valence-corrected chi connectivity index (χ2v) is 5.66. The summed E-state index contributed by atoms with van der Waals surface area (Å²) >= 11 is 0. The van der Waals surface area contributed by atoms with Crippen molar-refractivity contribution in [1.29, 1.82) is 0 Å². The van der Waals surface area contributed by atoms with Crippen LogP contribution in [0, 0.1) is 27.7 Å². The first-order chi connectivity index (χ1) is 10.0. The number of nitro groups is 1. The van der Waals surface area contributed by atoms with Crippen molar-refractivity contribution >= 4 is 5.69 Å². The molecule has 1 fully saturated rings. The van der Waals surface area contributed by atoms with E-state index in [1.165, 1.54) is 6.42 Å². The van der Waals surface area contributed by atoms with Gasteiger partial charge in [-0.15, -0.1) is 0 Å². The van der Waals surface area contributed by atoms with Crippen molar-refractivity contribution in [3.8, 4) is 0 Å². The van der Waals surface area contributed by atoms with Crippen LogP contribution in [0.4, 0.5) is 14.5 Å². The van der Waals surface area contributed by atoms with Gasteiger partial charge in [0.25, 0.3) is 0 Å². The first-order valence-electron chi connectivity index (χ1n) is 7.37. The van der Waals surface area contributed by atoms with E-state index in [1.807, 2.05) is 0 Å². The van der Waals surface area contributed by atoms with Gasteiger partial charge in [-0.3, -0.25) is 10.1 Å². The Bertz CT molecular complexity index is 515. The Morgan fingerprint density at radius 2 is 1.90 bits per heavy atom. The highest BCUT2D eigenvalue weighted by Crippen LogP contribution is 2.27. The highest BCUT2D eigenvalue weighted by Gasteiger charge is 2.21. The zero-order chi connectivity index (χ0) is 15.4. The average molecular weight is 298 g/mol. The molecule has 0 bridgehead atoms. The predicted octanol–water partition coefficient (Wildman–Crippen LogP) is 3.93. The van der Waals surface area contributed by atoms with E-state index in [4.69, 9.17) is 0 Å². The lowest BCUT2D eigenvalue weighted by atomic mass is 9.84. The fourth-order valence-electron chi connectivity index (χ4n) is 2.89. The molecule has 1 saturated carbocycles. The first-order valence-corrected chi connectivity index (χ1v) is 7.37. The minimum absolute atomic E-state index is 0.140. The van der Waals surface area contributed by atoms with Gasteiger partial charge in [-0.2, -0.15) is 4.39 Å². The van der Waals surface area contributed by atoms with Crippen molar-refractivity contribution in [3.05, 3.63) is 39.4 Å². The fraction of sp³-hybridized carbons (Fsp3) is 0.600. The maximum atomic E-state index is 13.7. The van der Waals surface area contributed by atoms with E-state index >= 15 is 0 Å². The molecule has 1 aliphatic rings. The van der Waals surface area contributed by atoms with Crippen LogP contribution in [-0.4, -0.2) is 11.0 Å². The van der Waals surface area contributed by atoms with Crippen LogP contribution < -0.4 is 5.32 Å². The minimum Gasteiger partial charge on any atom is -0.310 e. The minimum atomic E-state index is -1.13. The molecule has 0 heterocycles. The van der Waals surface area contributed by atoms with Crippen LogP contribution in [0.2, 0.25) is 0 Å². The second kappa shape index (κ2) is 6.93. The van der Waals surface area contributed by atoms with Gasteiger partial charge in [0, 0.05) is 30.3 Å². The lowest BCUT2D eigenvalue weighted by molar-refractivity contribution is -0.387. The summed E-state index contributed by atoms with van der Waals surface area (Å²) in [5.74, 6) is -1.11. The molecule has 1 aliphatic carbocycles. The van der Waals surface area contributed by atoms with E-state index < -0.39 is 22.2 Å². The SMILES string of the molecule is CCC1CCC(NCc2cc([N+](=O)[O-])c(F)cc2F)CC1. The Kier molecular flexibility index (Phi) is 5.22. The summed E-state index contributed by atoms with van der Waals surface area (Å²) in [4.78, 5) is 9.85. The predicted molar refractivity (Wildman–Crippen MR) is 75.9 cm³/mol. The van der Waals surface area contributed by atoms with Crippen LogP contribution in [0.5, 0.6) is 0 Å². The van der Waals surface area contributed by atoms with Gasteiger partial charge in [0.2, 0.25) is 5.82 Å². The molecular formula is C15H20F2N2O2. The number of hydrogen-bond donors (Lipinski definition) is 1. The fourth-order valence-corrected chi connectivity index (χ4v) is 2.89. The number of nitrogens with one attached hydrogen (secondary N) is 1. The highest BCUT2D eigenvalue weighted by molar-refractivity contribution is 5.37. The van der Waals surface area contributed by atoms with E-state index in [9.17, 15) is 18.9 Å². The van der Waals surface area contributed by atoms with E-state index in [1.54, 1.807) is 0 Å². The van der Waals surface area contributed by atoms with Crippen LogP contribution in [0.25, 0.3) is 0 Å². The molecule has 0 spiro atoms. The van der Waals surface area contributed by atoms with Gasteiger partial charge in [0.05, 0.1) is 4.92 Å². The number of benzene rings is 1. The molecule has 0 unspecified atom stereocenters. The normalized spacial score (nSPS) is 22.2. The zero-order valence-electron chi connectivity index (χ0n) is 12.1. The van der Waals surface area contributed by atoms with Crippen molar-refractivity contribution in [2.75, 3.05) is 0 Å². The number of nitro benzene ring substituents is 1. The summed E-state index contributed by atoms with van der Waals surface area (Å²) in [7, 11) is 0. The molecule has 0 atom stereocenters. The molecule has 2 rings (SSSR count).